The Labute approximate surface area is 103 Å². The Hall–Kier alpha value is -1.22. The second kappa shape index (κ2) is 5.41. The lowest BCUT2D eigenvalue weighted by Gasteiger charge is -2.32. The maximum Gasteiger partial charge on any atom is 0.0635 e. The van der Waals surface area contributed by atoms with Crippen LogP contribution in [0.25, 0.3) is 0 Å². The molecule has 3 nitrogen and oxygen atoms in total. The Balaban J connectivity index is 2.31. The van der Waals surface area contributed by atoms with Gasteiger partial charge in [-0.2, -0.15) is 0 Å². The van der Waals surface area contributed by atoms with Gasteiger partial charge in [-0.1, -0.05) is 18.9 Å². The molecule has 1 aromatic carbocycles. The van der Waals surface area contributed by atoms with Gasteiger partial charge in [0.25, 0.3) is 0 Å². The molecule has 0 amide bonds. The number of aryl methyl sites for hydroxylation is 1. The van der Waals surface area contributed by atoms with Crippen molar-refractivity contribution in [2.75, 3.05) is 23.8 Å². The molecule has 1 aromatic rings. The Morgan fingerprint density at radius 3 is 2.94 bits per heavy atom. The molecule has 1 aliphatic heterocycles. The molecule has 0 radical (unpaired) electrons. The van der Waals surface area contributed by atoms with E-state index in [1.165, 1.54) is 24.8 Å². The van der Waals surface area contributed by atoms with Crippen LogP contribution in [-0.2, 0) is 0 Å². The van der Waals surface area contributed by atoms with Gasteiger partial charge in [-0.3, -0.25) is 0 Å². The number of nitrogen functional groups attached to an aromatic ring is 1. The lowest BCUT2D eigenvalue weighted by Crippen LogP contribution is -2.38. The zero-order valence-corrected chi connectivity index (χ0v) is 10.5. The molecular weight excluding hydrogens is 212 g/mol. The van der Waals surface area contributed by atoms with E-state index in [1.54, 1.807) is 0 Å². The van der Waals surface area contributed by atoms with Crippen LogP contribution in [0, 0.1) is 6.92 Å². The highest BCUT2D eigenvalue weighted by molar-refractivity contribution is 5.69. The van der Waals surface area contributed by atoms with Gasteiger partial charge >= 0.3 is 0 Å². The average Bonchev–Trinajstić information content (AvgIpc) is 2.57. The summed E-state index contributed by atoms with van der Waals surface area (Å²) >= 11 is 0. The molecule has 0 aliphatic carbocycles. The van der Waals surface area contributed by atoms with Crippen LogP contribution in [0.4, 0.5) is 11.4 Å². The smallest absolute Gasteiger partial charge is 0.0635 e. The number of nitrogens with two attached hydrogens (primary N) is 1. The van der Waals surface area contributed by atoms with E-state index in [9.17, 15) is 5.11 Å². The van der Waals surface area contributed by atoms with E-state index in [2.05, 4.69) is 17.9 Å². The predicted octanol–water partition coefficient (Wildman–Crippen LogP) is 2.32. The highest BCUT2D eigenvalue weighted by Gasteiger charge is 2.21. The molecule has 0 saturated carbocycles. The van der Waals surface area contributed by atoms with Crippen LogP contribution in [-0.4, -0.2) is 24.3 Å². The summed E-state index contributed by atoms with van der Waals surface area (Å²) in [5.41, 5.74) is 9.19. The van der Waals surface area contributed by atoms with E-state index in [-0.39, 0.29) is 12.6 Å². The molecule has 0 aromatic heterocycles. The average molecular weight is 234 g/mol. The lowest BCUT2D eigenvalue weighted by atomic mass is 10.1. The second-order valence-corrected chi connectivity index (χ2v) is 4.94. The Bertz CT molecular complexity index is 378. The molecule has 3 N–H and O–H groups in total. The van der Waals surface area contributed by atoms with E-state index >= 15 is 0 Å². The number of hydrogen-bond donors (Lipinski definition) is 2. The summed E-state index contributed by atoms with van der Waals surface area (Å²) in [7, 11) is 0. The maximum atomic E-state index is 9.53. The van der Waals surface area contributed by atoms with Crippen molar-refractivity contribution in [1.29, 1.82) is 0 Å². The quantitative estimate of drug-likeness (QED) is 0.772. The summed E-state index contributed by atoms with van der Waals surface area (Å²) in [5, 5.41) is 9.53. The number of anilines is 2. The second-order valence-electron chi connectivity index (χ2n) is 4.94. The third-order valence-corrected chi connectivity index (χ3v) is 3.58. The van der Waals surface area contributed by atoms with Crippen molar-refractivity contribution in [1.82, 2.24) is 0 Å². The number of benzene rings is 1. The van der Waals surface area contributed by atoms with Gasteiger partial charge in [0.15, 0.2) is 0 Å². The Morgan fingerprint density at radius 1 is 1.35 bits per heavy atom. The van der Waals surface area contributed by atoms with E-state index < -0.39 is 0 Å². The van der Waals surface area contributed by atoms with Crippen molar-refractivity contribution in [3.05, 3.63) is 23.8 Å². The summed E-state index contributed by atoms with van der Waals surface area (Å²) in [6, 6.07) is 6.35. The first-order valence-electron chi connectivity index (χ1n) is 6.46. The standard InChI is InChI=1S/C14H22N2O/c1-11-6-7-13(15)14(9-11)16-8-4-2-3-5-12(16)10-17/h6-7,9,12,17H,2-5,8,10,15H2,1H3. The van der Waals surface area contributed by atoms with Gasteiger partial charge in [-0.05, 0) is 37.5 Å². The molecule has 0 bridgehead atoms. The van der Waals surface area contributed by atoms with Crippen molar-refractivity contribution >= 4 is 11.4 Å². The summed E-state index contributed by atoms with van der Waals surface area (Å²) < 4.78 is 0. The van der Waals surface area contributed by atoms with Crippen molar-refractivity contribution in [3.8, 4) is 0 Å². The fourth-order valence-corrected chi connectivity index (χ4v) is 2.59. The predicted molar refractivity (Wildman–Crippen MR) is 72.3 cm³/mol. The van der Waals surface area contributed by atoms with Crippen LogP contribution in [0.5, 0.6) is 0 Å². The number of rotatable bonds is 2. The number of hydrogen-bond acceptors (Lipinski definition) is 3. The zero-order valence-electron chi connectivity index (χ0n) is 10.5. The Kier molecular flexibility index (Phi) is 3.89. The van der Waals surface area contributed by atoms with Gasteiger partial charge in [0.05, 0.1) is 24.0 Å². The van der Waals surface area contributed by atoms with Crippen LogP contribution < -0.4 is 10.6 Å². The number of aliphatic hydroxyl groups is 1. The molecular formula is C14H22N2O. The highest BCUT2D eigenvalue weighted by Crippen LogP contribution is 2.29. The molecule has 1 heterocycles. The molecule has 2 rings (SSSR count). The van der Waals surface area contributed by atoms with Gasteiger partial charge < -0.3 is 15.7 Å². The minimum atomic E-state index is 0.216. The third kappa shape index (κ3) is 2.72. The minimum absolute atomic E-state index is 0.216. The number of nitrogens with zero attached hydrogens (tertiary/aromatic N) is 1. The molecule has 94 valence electrons. The topological polar surface area (TPSA) is 49.5 Å². The molecule has 17 heavy (non-hydrogen) atoms. The largest absolute Gasteiger partial charge is 0.397 e. The van der Waals surface area contributed by atoms with Crippen LogP contribution in [0.3, 0.4) is 0 Å². The fraction of sp³-hybridized carbons (Fsp3) is 0.571. The molecule has 0 spiro atoms. The van der Waals surface area contributed by atoms with Gasteiger partial charge in [-0.15, -0.1) is 0 Å². The lowest BCUT2D eigenvalue weighted by molar-refractivity contribution is 0.255. The van der Waals surface area contributed by atoms with Crippen molar-refractivity contribution < 1.29 is 5.11 Å². The Morgan fingerprint density at radius 2 is 2.18 bits per heavy atom. The maximum absolute atomic E-state index is 9.53. The summed E-state index contributed by atoms with van der Waals surface area (Å²) in [4.78, 5) is 2.29. The van der Waals surface area contributed by atoms with E-state index in [0.717, 1.165) is 24.3 Å². The summed E-state index contributed by atoms with van der Waals surface area (Å²) in [6.07, 6.45) is 4.69. The fourth-order valence-electron chi connectivity index (χ4n) is 2.59. The van der Waals surface area contributed by atoms with Crippen LogP contribution in [0.15, 0.2) is 18.2 Å². The minimum Gasteiger partial charge on any atom is -0.397 e. The molecule has 3 heteroatoms. The first-order valence-corrected chi connectivity index (χ1v) is 6.46. The summed E-state index contributed by atoms with van der Waals surface area (Å²) in [5.74, 6) is 0. The summed E-state index contributed by atoms with van der Waals surface area (Å²) in [6.45, 7) is 3.29. The highest BCUT2D eigenvalue weighted by atomic mass is 16.3. The van der Waals surface area contributed by atoms with Crippen molar-refractivity contribution in [2.24, 2.45) is 0 Å². The molecule has 1 unspecified atom stereocenters. The van der Waals surface area contributed by atoms with E-state index in [4.69, 9.17) is 5.73 Å². The van der Waals surface area contributed by atoms with Gasteiger partial charge in [0.2, 0.25) is 0 Å². The monoisotopic (exact) mass is 234 g/mol. The van der Waals surface area contributed by atoms with Crippen molar-refractivity contribution in [2.45, 2.75) is 38.6 Å². The van der Waals surface area contributed by atoms with Crippen LogP contribution in [0.1, 0.15) is 31.2 Å². The van der Waals surface area contributed by atoms with Crippen LogP contribution >= 0.6 is 0 Å². The van der Waals surface area contributed by atoms with Crippen LogP contribution in [0.2, 0.25) is 0 Å². The molecule has 1 atom stereocenters. The first-order chi connectivity index (χ1) is 8.22. The zero-order chi connectivity index (χ0) is 12.3. The molecule has 1 fully saturated rings. The molecule has 1 saturated heterocycles. The van der Waals surface area contributed by atoms with Gasteiger partial charge in [0.1, 0.15) is 0 Å². The third-order valence-electron chi connectivity index (χ3n) is 3.58. The van der Waals surface area contributed by atoms with Gasteiger partial charge in [-0.25, -0.2) is 0 Å². The van der Waals surface area contributed by atoms with Crippen molar-refractivity contribution in [3.63, 3.8) is 0 Å². The van der Waals surface area contributed by atoms with E-state index in [0.29, 0.717) is 0 Å². The normalized spacial score (nSPS) is 21.3. The van der Waals surface area contributed by atoms with E-state index in [1.807, 2.05) is 12.1 Å². The first kappa shape index (κ1) is 12.2. The molecule has 1 aliphatic rings. The SMILES string of the molecule is Cc1ccc(N)c(N2CCCCCC2CO)c1. The van der Waals surface area contributed by atoms with Gasteiger partial charge in [0, 0.05) is 6.54 Å². The number of aliphatic hydroxyl groups excluding tert-OH is 1.